The first-order valence-corrected chi connectivity index (χ1v) is 9.98. The van der Waals surface area contributed by atoms with Crippen molar-refractivity contribution in [2.75, 3.05) is 12.3 Å². The van der Waals surface area contributed by atoms with Gasteiger partial charge in [0, 0.05) is 18.1 Å². The first-order valence-electron chi connectivity index (χ1n) is 7.34. The maximum atomic E-state index is 13.5. The standard InChI is InChI=1S/C16H15F4NO3S2/c17-13-6-2-1-5-12(13)11-25-10-9-21-26(22,23)15-8-4-3-7-14(15)24-16(18,19)20/h1-8,21H,9-11H2. The van der Waals surface area contributed by atoms with Crippen LogP contribution in [0.4, 0.5) is 17.6 Å². The number of para-hydroxylation sites is 1. The Morgan fingerprint density at radius 1 is 1.04 bits per heavy atom. The molecule has 0 heterocycles. The van der Waals surface area contributed by atoms with Crippen LogP contribution in [0.15, 0.2) is 53.4 Å². The van der Waals surface area contributed by atoms with Gasteiger partial charge in [-0.3, -0.25) is 0 Å². The molecule has 0 atom stereocenters. The zero-order valence-corrected chi connectivity index (χ0v) is 14.9. The predicted octanol–water partition coefficient (Wildman–Crippen LogP) is 3.94. The smallest absolute Gasteiger partial charge is 0.404 e. The summed E-state index contributed by atoms with van der Waals surface area (Å²) in [5, 5.41) is 0. The van der Waals surface area contributed by atoms with Crippen LogP contribution in [0, 0.1) is 5.82 Å². The molecule has 0 fully saturated rings. The van der Waals surface area contributed by atoms with E-state index in [9.17, 15) is 26.0 Å². The lowest BCUT2D eigenvalue weighted by atomic mass is 10.2. The fraction of sp³-hybridized carbons (Fsp3) is 0.250. The summed E-state index contributed by atoms with van der Waals surface area (Å²) >= 11 is 1.29. The highest BCUT2D eigenvalue weighted by molar-refractivity contribution is 7.98. The van der Waals surface area contributed by atoms with Gasteiger partial charge in [0.05, 0.1) is 0 Å². The fourth-order valence-electron chi connectivity index (χ4n) is 2.00. The first kappa shape index (κ1) is 20.5. The average Bonchev–Trinajstić information content (AvgIpc) is 2.55. The molecule has 2 aromatic carbocycles. The molecule has 4 nitrogen and oxygen atoms in total. The van der Waals surface area contributed by atoms with Crippen molar-refractivity contribution in [2.24, 2.45) is 0 Å². The van der Waals surface area contributed by atoms with E-state index in [0.717, 1.165) is 12.1 Å². The van der Waals surface area contributed by atoms with E-state index < -0.39 is 27.0 Å². The summed E-state index contributed by atoms with van der Waals surface area (Å²) in [5.74, 6) is -0.483. The minimum atomic E-state index is -5.00. The van der Waals surface area contributed by atoms with Crippen molar-refractivity contribution in [1.82, 2.24) is 4.72 Å². The second-order valence-corrected chi connectivity index (χ2v) is 7.88. The van der Waals surface area contributed by atoms with Gasteiger partial charge in [0.25, 0.3) is 0 Å². The summed E-state index contributed by atoms with van der Waals surface area (Å²) in [6.45, 7) is -0.0260. The maximum absolute atomic E-state index is 13.5. The maximum Gasteiger partial charge on any atom is 0.573 e. The zero-order valence-electron chi connectivity index (χ0n) is 13.3. The van der Waals surface area contributed by atoms with E-state index in [1.54, 1.807) is 18.2 Å². The van der Waals surface area contributed by atoms with Crippen molar-refractivity contribution in [2.45, 2.75) is 17.0 Å². The van der Waals surface area contributed by atoms with Gasteiger partial charge in [-0.2, -0.15) is 11.8 Å². The van der Waals surface area contributed by atoms with Crippen LogP contribution in [0.25, 0.3) is 0 Å². The van der Waals surface area contributed by atoms with Crippen molar-refractivity contribution in [3.63, 3.8) is 0 Å². The van der Waals surface area contributed by atoms with Gasteiger partial charge in [0.15, 0.2) is 0 Å². The Balaban J connectivity index is 1.92. The van der Waals surface area contributed by atoms with E-state index >= 15 is 0 Å². The topological polar surface area (TPSA) is 55.4 Å². The third-order valence-electron chi connectivity index (χ3n) is 3.12. The second-order valence-electron chi connectivity index (χ2n) is 5.04. The lowest BCUT2D eigenvalue weighted by Crippen LogP contribution is -2.27. The van der Waals surface area contributed by atoms with Crippen molar-refractivity contribution in [3.05, 3.63) is 59.9 Å². The lowest BCUT2D eigenvalue weighted by Gasteiger charge is -2.13. The molecule has 0 saturated heterocycles. The van der Waals surface area contributed by atoms with Gasteiger partial charge >= 0.3 is 6.36 Å². The van der Waals surface area contributed by atoms with Gasteiger partial charge in [0.1, 0.15) is 16.5 Å². The number of alkyl halides is 3. The highest BCUT2D eigenvalue weighted by atomic mass is 32.2. The molecule has 0 amide bonds. The van der Waals surface area contributed by atoms with Crippen molar-refractivity contribution in [3.8, 4) is 5.75 Å². The van der Waals surface area contributed by atoms with Gasteiger partial charge < -0.3 is 4.74 Å². The van der Waals surface area contributed by atoms with Crippen LogP contribution >= 0.6 is 11.8 Å². The highest BCUT2D eigenvalue weighted by Crippen LogP contribution is 2.29. The third kappa shape index (κ3) is 6.19. The molecule has 10 heteroatoms. The van der Waals surface area contributed by atoms with E-state index in [1.165, 1.54) is 30.0 Å². The predicted molar refractivity (Wildman–Crippen MR) is 90.9 cm³/mol. The summed E-state index contributed by atoms with van der Waals surface area (Å²) < 4.78 is 81.0. The lowest BCUT2D eigenvalue weighted by molar-refractivity contribution is -0.275. The molecule has 2 aromatic rings. The van der Waals surface area contributed by atoms with Crippen molar-refractivity contribution < 1.29 is 30.7 Å². The van der Waals surface area contributed by atoms with Crippen molar-refractivity contribution in [1.29, 1.82) is 0 Å². The SMILES string of the molecule is O=S(=O)(NCCSCc1ccccc1F)c1ccccc1OC(F)(F)F. The van der Waals surface area contributed by atoms with Crippen LogP contribution in [0.5, 0.6) is 5.75 Å². The quantitative estimate of drug-likeness (QED) is 0.530. The summed E-state index contributed by atoms with van der Waals surface area (Å²) in [7, 11) is -4.18. The summed E-state index contributed by atoms with van der Waals surface area (Å²) in [6, 6.07) is 10.7. The molecule has 0 bridgehead atoms. The summed E-state index contributed by atoms with van der Waals surface area (Å²) in [4.78, 5) is -0.601. The minimum absolute atomic E-state index is 0.0260. The molecular formula is C16H15F4NO3S2. The monoisotopic (exact) mass is 409 g/mol. The molecule has 0 aliphatic rings. The van der Waals surface area contributed by atoms with E-state index in [1.807, 2.05) is 0 Å². The van der Waals surface area contributed by atoms with Gasteiger partial charge in [0.2, 0.25) is 10.0 Å². The number of rotatable bonds is 8. The Kier molecular flexibility index (Phi) is 6.90. The van der Waals surface area contributed by atoms with Crippen LogP contribution in [-0.2, 0) is 15.8 Å². The molecule has 1 N–H and O–H groups in total. The molecule has 0 saturated carbocycles. The van der Waals surface area contributed by atoms with E-state index in [4.69, 9.17) is 0 Å². The fourth-order valence-corrected chi connectivity index (χ4v) is 4.14. The van der Waals surface area contributed by atoms with Crippen LogP contribution in [0.2, 0.25) is 0 Å². The van der Waals surface area contributed by atoms with Crippen LogP contribution in [0.3, 0.4) is 0 Å². The van der Waals surface area contributed by atoms with E-state index in [-0.39, 0.29) is 12.4 Å². The Morgan fingerprint density at radius 2 is 1.69 bits per heavy atom. The number of hydrogen-bond acceptors (Lipinski definition) is 4. The van der Waals surface area contributed by atoms with Gasteiger partial charge in [-0.25, -0.2) is 17.5 Å². The Morgan fingerprint density at radius 3 is 2.38 bits per heavy atom. The Bertz CT molecular complexity index is 841. The molecule has 0 aliphatic heterocycles. The average molecular weight is 409 g/mol. The molecule has 0 radical (unpaired) electrons. The molecule has 0 aliphatic carbocycles. The molecule has 0 aromatic heterocycles. The van der Waals surface area contributed by atoms with Gasteiger partial charge in [-0.1, -0.05) is 30.3 Å². The van der Waals surface area contributed by atoms with Crippen LogP contribution in [0.1, 0.15) is 5.56 Å². The summed E-state index contributed by atoms with van der Waals surface area (Å²) in [6.07, 6.45) is -5.00. The Labute approximate surface area is 152 Å². The van der Waals surface area contributed by atoms with Crippen LogP contribution < -0.4 is 9.46 Å². The number of sulfonamides is 1. The number of thioether (sulfide) groups is 1. The highest BCUT2D eigenvalue weighted by Gasteiger charge is 2.33. The number of halogens is 4. The first-order chi connectivity index (χ1) is 12.2. The molecule has 2 rings (SSSR count). The molecule has 142 valence electrons. The van der Waals surface area contributed by atoms with Crippen molar-refractivity contribution >= 4 is 21.8 Å². The number of ether oxygens (including phenoxy) is 1. The van der Waals surface area contributed by atoms with E-state index in [2.05, 4.69) is 9.46 Å². The van der Waals surface area contributed by atoms with Crippen LogP contribution in [-0.4, -0.2) is 27.1 Å². The molecule has 0 spiro atoms. The molecular weight excluding hydrogens is 394 g/mol. The summed E-state index contributed by atoms with van der Waals surface area (Å²) in [5.41, 5.74) is 0.490. The van der Waals surface area contributed by atoms with Gasteiger partial charge in [-0.05, 0) is 23.8 Å². The minimum Gasteiger partial charge on any atom is -0.404 e. The number of nitrogens with one attached hydrogen (secondary N) is 1. The normalized spacial score (nSPS) is 12.2. The van der Waals surface area contributed by atoms with E-state index in [0.29, 0.717) is 17.1 Å². The second kappa shape index (κ2) is 8.74. The zero-order chi connectivity index (χ0) is 19.2. The third-order valence-corrected chi connectivity index (χ3v) is 5.63. The molecule has 26 heavy (non-hydrogen) atoms. The largest absolute Gasteiger partial charge is 0.573 e. The number of hydrogen-bond donors (Lipinski definition) is 1. The number of benzene rings is 2. The van der Waals surface area contributed by atoms with Gasteiger partial charge in [-0.15, -0.1) is 13.2 Å². The molecule has 0 unspecified atom stereocenters. The Hall–Kier alpha value is -1.78.